The van der Waals surface area contributed by atoms with Crippen molar-refractivity contribution in [1.82, 2.24) is 0 Å². The molecule has 0 aliphatic heterocycles. The van der Waals surface area contributed by atoms with Crippen molar-refractivity contribution in [3.63, 3.8) is 0 Å². The third-order valence-electron chi connectivity index (χ3n) is 4.23. The van der Waals surface area contributed by atoms with E-state index >= 15 is 0 Å². The van der Waals surface area contributed by atoms with Crippen molar-refractivity contribution in [3.8, 4) is 11.5 Å². The molecular weight excluding hydrogens is 260 g/mol. The average molecular weight is 295 g/mol. The van der Waals surface area contributed by atoms with Crippen LogP contribution in [0, 0.1) is 11.5 Å². The molecule has 0 spiro atoms. The third-order valence-corrected chi connectivity index (χ3v) is 10.6. The molecule has 0 saturated heterocycles. The highest BCUT2D eigenvalue weighted by Gasteiger charge is 2.41. The Morgan fingerprint density at radius 1 is 0.950 bits per heavy atom. The van der Waals surface area contributed by atoms with Crippen molar-refractivity contribution in [2.24, 2.45) is 0 Å². The van der Waals surface area contributed by atoms with E-state index in [0.29, 0.717) is 23.2 Å². The van der Waals surface area contributed by atoms with Crippen LogP contribution in [0.25, 0.3) is 0 Å². The van der Waals surface area contributed by atoms with Gasteiger partial charge in [0.05, 0.1) is 6.10 Å². The van der Waals surface area contributed by atoms with Crippen molar-refractivity contribution in [1.29, 1.82) is 0 Å². The van der Waals surface area contributed by atoms with Gasteiger partial charge in [0.1, 0.15) is 14.7 Å². The molecule has 20 heavy (non-hydrogen) atoms. The van der Waals surface area contributed by atoms with Gasteiger partial charge < -0.3 is 4.74 Å². The SMILES string of the molecule is CCC=C[C@@H](C)OCC#C[Si](C(C)C)(C(C)C)C(C)C. The predicted molar refractivity (Wildman–Crippen MR) is 93.7 cm³/mol. The zero-order valence-electron chi connectivity index (χ0n) is 14.8. The van der Waals surface area contributed by atoms with Gasteiger partial charge in [-0.15, -0.1) is 5.54 Å². The molecule has 0 aromatic rings. The Morgan fingerprint density at radius 3 is 1.85 bits per heavy atom. The maximum absolute atomic E-state index is 5.74. The Morgan fingerprint density at radius 2 is 1.45 bits per heavy atom. The summed E-state index contributed by atoms with van der Waals surface area (Å²) in [5, 5.41) is 0. The number of rotatable bonds is 7. The summed E-state index contributed by atoms with van der Waals surface area (Å²) < 4.78 is 5.74. The third kappa shape index (κ3) is 5.46. The molecule has 0 bridgehead atoms. The van der Waals surface area contributed by atoms with Gasteiger partial charge in [-0.05, 0) is 30.0 Å². The van der Waals surface area contributed by atoms with E-state index < -0.39 is 8.07 Å². The molecule has 0 radical (unpaired) electrons. The minimum Gasteiger partial charge on any atom is -0.362 e. The van der Waals surface area contributed by atoms with Crippen molar-refractivity contribution < 1.29 is 4.74 Å². The molecule has 0 unspecified atom stereocenters. The lowest BCUT2D eigenvalue weighted by Crippen LogP contribution is -2.43. The lowest BCUT2D eigenvalue weighted by molar-refractivity contribution is 0.127. The van der Waals surface area contributed by atoms with Gasteiger partial charge in [-0.25, -0.2) is 0 Å². The molecule has 0 heterocycles. The van der Waals surface area contributed by atoms with E-state index in [9.17, 15) is 0 Å². The minimum absolute atomic E-state index is 0.164. The summed E-state index contributed by atoms with van der Waals surface area (Å²) in [6.07, 6.45) is 5.48. The van der Waals surface area contributed by atoms with Crippen LogP contribution >= 0.6 is 0 Å². The minimum atomic E-state index is -1.58. The highest BCUT2D eigenvalue weighted by molar-refractivity contribution is 6.90. The maximum atomic E-state index is 5.74. The molecule has 2 heteroatoms. The summed E-state index contributed by atoms with van der Waals surface area (Å²) in [7, 11) is -1.58. The first kappa shape index (κ1) is 19.5. The highest BCUT2D eigenvalue weighted by atomic mass is 28.3. The number of allylic oxidation sites excluding steroid dienone is 1. The summed E-state index contributed by atoms with van der Waals surface area (Å²) in [6.45, 7) is 18.8. The van der Waals surface area contributed by atoms with Crippen molar-refractivity contribution >= 4 is 8.07 Å². The van der Waals surface area contributed by atoms with Crippen LogP contribution in [-0.4, -0.2) is 20.8 Å². The molecule has 1 nitrogen and oxygen atoms in total. The standard InChI is InChI=1S/C18H34OSi/c1-9-10-12-18(8)19-13-11-14-20(15(2)3,16(4)5)17(6)7/h10,12,15-18H,9,13H2,1-8H3/t18-/m1/s1. The average Bonchev–Trinajstić information content (AvgIpc) is 2.34. The van der Waals surface area contributed by atoms with Crippen LogP contribution in [0.4, 0.5) is 0 Å². The zero-order chi connectivity index (χ0) is 15.8. The van der Waals surface area contributed by atoms with E-state index in [1.165, 1.54) is 0 Å². The Labute approximate surface area is 128 Å². The molecular formula is C18H34OSi. The quantitative estimate of drug-likeness (QED) is 0.338. The van der Waals surface area contributed by atoms with Crippen LogP contribution < -0.4 is 0 Å². The predicted octanol–water partition coefficient (Wildman–Crippen LogP) is 5.58. The summed E-state index contributed by atoms with van der Waals surface area (Å²) in [5.41, 5.74) is 5.75. The van der Waals surface area contributed by atoms with Crippen LogP contribution in [0.1, 0.15) is 61.8 Å². The highest BCUT2D eigenvalue weighted by Crippen LogP contribution is 2.40. The monoisotopic (exact) mass is 294 g/mol. The van der Waals surface area contributed by atoms with Crippen molar-refractivity contribution in [2.75, 3.05) is 6.61 Å². The van der Waals surface area contributed by atoms with E-state index in [2.05, 4.69) is 79.0 Å². The molecule has 0 aliphatic carbocycles. The fourth-order valence-electron chi connectivity index (χ4n) is 3.18. The van der Waals surface area contributed by atoms with Crippen LogP contribution in [0.5, 0.6) is 0 Å². The largest absolute Gasteiger partial charge is 0.362 e. The molecule has 0 rings (SSSR count). The van der Waals surface area contributed by atoms with Crippen molar-refractivity contribution in [2.45, 2.75) is 84.5 Å². The lowest BCUT2D eigenvalue weighted by Gasteiger charge is -2.38. The maximum Gasteiger partial charge on any atom is 0.146 e. The number of hydrogen-bond donors (Lipinski definition) is 0. The first-order valence-corrected chi connectivity index (χ1v) is 10.3. The molecule has 0 aromatic heterocycles. The first-order chi connectivity index (χ1) is 9.28. The van der Waals surface area contributed by atoms with Gasteiger partial charge in [-0.1, -0.05) is 66.5 Å². The summed E-state index contributed by atoms with van der Waals surface area (Å²) in [5.74, 6) is 3.33. The van der Waals surface area contributed by atoms with Gasteiger partial charge in [-0.2, -0.15) is 0 Å². The Balaban J connectivity index is 4.78. The van der Waals surface area contributed by atoms with E-state index in [1.54, 1.807) is 0 Å². The Bertz CT molecular complexity index is 322. The van der Waals surface area contributed by atoms with Crippen LogP contribution in [0.2, 0.25) is 16.6 Å². The van der Waals surface area contributed by atoms with E-state index in [1.807, 2.05) is 0 Å². The fraction of sp³-hybridized carbons (Fsp3) is 0.778. The van der Waals surface area contributed by atoms with Crippen LogP contribution in [-0.2, 0) is 4.74 Å². The van der Waals surface area contributed by atoms with Gasteiger partial charge >= 0.3 is 0 Å². The van der Waals surface area contributed by atoms with E-state index in [-0.39, 0.29) is 6.10 Å². The second kappa shape index (κ2) is 9.42. The van der Waals surface area contributed by atoms with Crippen molar-refractivity contribution in [3.05, 3.63) is 12.2 Å². The van der Waals surface area contributed by atoms with E-state index in [0.717, 1.165) is 6.42 Å². The van der Waals surface area contributed by atoms with Gasteiger partial charge in [0.25, 0.3) is 0 Å². The number of ether oxygens (including phenoxy) is 1. The van der Waals surface area contributed by atoms with E-state index in [4.69, 9.17) is 4.74 Å². The first-order valence-electron chi connectivity index (χ1n) is 8.07. The van der Waals surface area contributed by atoms with Gasteiger partial charge in [0.2, 0.25) is 0 Å². The molecule has 0 fully saturated rings. The summed E-state index contributed by atoms with van der Waals surface area (Å²) >= 11 is 0. The van der Waals surface area contributed by atoms with Gasteiger partial charge in [-0.3, -0.25) is 0 Å². The molecule has 0 saturated carbocycles. The smallest absolute Gasteiger partial charge is 0.146 e. The summed E-state index contributed by atoms with van der Waals surface area (Å²) in [6, 6.07) is 0. The van der Waals surface area contributed by atoms with Gasteiger partial charge in [0, 0.05) is 0 Å². The van der Waals surface area contributed by atoms with Crippen LogP contribution in [0.3, 0.4) is 0 Å². The molecule has 0 N–H and O–H groups in total. The summed E-state index contributed by atoms with van der Waals surface area (Å²) in [4.78, 5) is 0. The molecule has 1 atom stereocenters. The van der Waals surface area contributed by atoms with Crippen LogP contribution in [0.15, 0.2) is 12.2 Å². The molecule has 116 valence electrons. The number of hydrogen-bond acceptors (Lipinski definition) is 1. The Kier molecular flexibility index (Phi) is 9.17. The molecule has 0 aliphatic rings. The normalized spacial score (nSPS) is 14.2. The zero-order valence-corrected chi connectivity index (χ0v) is 15.8. The fourth-order valence-corrected chi connectivity index (χ4v) is 8.42. The second-order valence-electron chi connectivity index (χ2n) is 6.55. The molecule has 0 amide bonds. The van der Waals surface area contributed by atoms with Gasteiger partial charge in [0.15, 0.2) is 0 Å². The second-order valence-corrected chi connectivity index (χ2v) is 12.1. The molecule has 0 aromatic carbocycles. The lowest BCUT2D eigenvalue weighted by atomic mass is 10.3. The Hall–Kier alpha value is -0.523. The topological polar surface area (TPSA) is 9.23 Å².